The number of nitrogens with two attached hydrogens (primary N) is 1. The highest BCUT2D eigenvalue weighted by Gasteiger charge is 2.19. The summed E-state index contributed by atoms with van der Waals surface area (Å²) in [5.74, 6) is -0.258. The number of amides is 1. The molecule has 25 heavy (non-hydrogen) atoms. The Morgan fingerprint density at radius 2 is 1.80 bits per heavy atom. The molecule has 3 aromatic rings. The molecule has 1 heterocycles. The largest absolute Gasteiger partial charge is 0.382 e. The van der Waals surface area contributed by atoms with Gasteiger partial charge >= 0.3 is 0 Å². The summed E-state index contributed by atoms with van der Waals surface area (Å²) < 4.78 is 1.45. The molecule has 0 aliphatic rings. The second kappa shape index (κ2) is 6.57. The third-order valence-electron chi connectivity index (χ3n) is 4.08. The molecule has 0 spiro atoms. The van der Waals surface area contributed by atoms with Crippen molar-refractivity contribution in [3.8, 4) is 5.69 Å². The van der Waals surface area contributed by atoms with Crippen molar-refractivity contribution in [2.24, 2.45) is 0 Å². The molecule has 0 radical (unpaired) electrons. The molecule has 0 aliphatic carbocycles. The van der Waals surface area contributed by atoms with Crippen molar-refractivity contribution in [1.82, 2.24) is 15.0 Å². The fraction of sp³-hybridized carbons (Fsp3) is 0.167. The number of carbonyl (C=O) groups is 1. The van der Waals surface area contributed by atoms with Crippen LogP contribution in [0.15, 0.2) is 36.4 Å². The van der Waals surface area contributed by atoms with E-state index < -0.39 is 5.91 Å². The van der Waals surface area contributed by atoms with Crippen molar-refractivity contribution in [2.75, 3.05) is 11.1 Å². The van der Waals surface area contributed by atoms with Crippen LogP contribution in [0.5, 0.6) is 0 Å². The van der Waals surface area contributed by atoms with E-state index in [4.69, 9.17) is 17.3 Å². The topological polar surface area (TPSA) is 85.8 Å². The minimum Gasteiger partial charge on any atom is -0.382 e. The first-order valence-electron chi connectivity index (χ1n) is 7.73. The van der Waals surface area contributed by atoms with Gasteiger partial charge in [-0.15, -0.1) is 5.10 Å². The van der Waals surface area contributed by atoms with Gasteiger partial charge in [0.1, 0.15) is 0 Å². The summed E-state index contributed by atoms with van der Waals surface area (Å²) in [5.41, 5.74) is 10.7. The molecule has 6 nitrogen and oxygen atoms in total. The lowest BCUT2D eigenvalue weighted by Crippen LogP contribution is -2.15. The quantitative estimate of drug-likeness (QED) is 0.750. The minimum atomic E-state index is -0.437. The summed E-state index contributed by atoms with van der Waals surface area (Å²) in [7, 11) is 0. The van der Waals surface area contributed by atoms with Gasteiger partial charge in [-0.05, 0) is 61.7 Å². The molecule has 0 fully saturated rings. The highest BCUT2D eigenvalue weighted by Crippen LogP contribution is 2.22. The van der Waals surface area contributed by atoms with Crippen LogP contribution in [0.3, 0.4) is 0 Å². The molecule has 1 amide bonds. The van der Waals surface area contributed by atoms with E-state index in [9.17, 15) is 4.79 Å². The van der Waals surface area contributed by atoms with Crippen LogP contribution in [-0.2, 0) is 0 Å². The average molecular weight is 356 g/mol. The van der Waals surface area contributed by atoms with Gasteiger partial charge in [-0.2, -0.15) is 4.68 Å². The number of halogens is 1. The van der Waals surface area contributed by atoms with Crippen LogP contribution >= 0.6 is 11.6 Å². The van der Waals surface area contributed by atoms with Gasteiger partial charge in [0.25, 0.3) is 5.91 Å². The molecule has 0 saturated carbocycles. The van der Waals surface area contributed by atoms with Gasteiger partial charge < -0.3 is 11.1 Å². The van der Waals surface area contributed by atoms with Gasteiger partial charge in [0.15, 0.2) is 11.5 Å². The Bertz CT molecular complexity index is 964. The van der Waals surface area contributed by atoms with Crippen molar-refractivity contribution < 1.29 is 4.79 Å². The van der Waals surface area contributed by atoms with Crippen LogP contribution in [0.2, 0.25) is 5.02 Å². The van der Waals surface area contributed by atoms with Crippen LogP contribution in [0.25, 0.3) is 5.69 Å². The lowest BCUT2D eigenvalue weighted by Gasteiger charge is -2.07. The SMILES string of the molecule is Cc1ccc(-n2nnc(C(=O)Nc3ccc(C)c(Cl)c3)c2N)cc1C. The first-order chi connectivity index (χ1) is 11.9. The summed E-state index contributed by atoms with van der Waals surface area (Å²) >= 11 is 6.08. The number of benzene rings is 2. The van der Waals surface area contributed by atoms with Gasteiger partial charge in [0.05, 0.1) is 5.69 Å². The van der Waals surface area contributed by atoms with E-state index in [1.807, 2.05) is 45.0 Å². The molecular weight excluding hydrogens is 338 g/mol. The number of nitrogens with one attached hydrogen (secondary N) is 1. The number of aromatic nitrogens is 3. The first kappa shape index (κ1) is 17.0. The number of aryl methyl sites for hydroxylation is 3. The normalized spacial score (nSPS) is 10.7. The first-order valence-corrected chi connectivity index (χ1v) is 8.11. The Balaban J connectivity index is 1.88. The van der Waals surface area contributed by atoms with E-state index in [2.05, 4.69) is 15.6 Å². The lowest BCUT2D eigenvalue weighted by atomic mass is 10.1. The Morgan fingerprint density at radius 1 is 1.08 bits per heavy atom. The molecule has 3 N–H and O–H groups in total. The van der Waals surface area contributed by atoms with Gasteiger partial charge in [-0.1, -0.05) is 28.9 Å². The van der Waals surface area contributed by atoms with E-state index in [0.29, 0.717) is 10.7 Å². The third-order valence-corrected chi connectivity index (χ3v) is 4.49. The maximum atomic E-state index is 12.4. The number of anilines is 2. The van der Waals surface area contributed by atoms with Gasteiger partial charge in [0, 0.05) is 10.7 Å². The van der Waals surface area contributed by atoms with Crippen molar-refractivity contribution in [1.29, 1.82) is 0 Å². The lowest BCUT2D eigenvalue weighted by molar-refractivity contribution is 0.102. The summed E-state index contributed by atoms with van der Waals surface area (Å²) in [5, 5.41) is 11.2. The molecule has 3 rings (SSSR count). The van der Waals surface area contributed by atoms with Gasteiger partial charge in [-0.3, -0.25) is 4.79 Å². The predicted molar refractivity (Wildman–Crippen MR) is 99.4 cm³/mol. The van der Waals surface area contributed by atoms with Gasteiger partial charge in [0.2, 0.25) is 0 Å². The summed E-state index contributed by atoms with van der Waals surface area (Å²) in [4.78, 5) is 12.4. The van der Waals surface area contributed by atoms with Crippen molar-refractivity contribution >= 4 is 29.0 Å². The Hall–Kier alpha value is -2.86. The van der Waals surface area contributed by atoms with Crippen molar-refractivity contribution in [2.45, 2.75) is 20.8 Å². The number of rotatable bonds is 3. The zero-order valence-electron chi connectivity index (χ0n) is 14.2. The molecule has 0 atom stereocenters. The molecule has 0 aliphatic heterocycles. The zero-order valence-corrected chi connectivity index (χ0v) is 14.9. The predicted octanol–water partition coefficient (Wildman–Crippen LogP) is 3.68. The summed E-state index contributed by atoms with van der Waals surface area (Å²) in [6.45, 7) is 5.91. The Kier molecular flexibility index (Phi) is 4.46. The monoisotopic (exact) mass is 355 g/mol. The fourth-order valence-electron chi connectivity index (χ4n) is 2.36. The smallest absolute Gasteiger partial charge is 0.280 e. The number of hydrogen-bond donors (Lipinski definition) is 2. The van der Waals surface area contributed by atoms with E-state index in [1.54, 1.807) is 12.1 Å². The maximum Gasteiger partial charge on any atom is 0.280 e. The van der Waals surface area contributed by atoms with Crippen LogP contribution in [-0.4, -0.2) is 20.9 Å². The van der Waals surface area contributed by atoms with Gasteiger partial charge in [-0.25, -0.2) is 0 Å². The standard InChI is InChI=1S/C18H18ClN5O/c1-10-5-7-14(8-12(10)3)24-17(20)16(22-23-24)18(25)21-13-6-4-11(2)15(19)9-13/h4-9H,20H2,1-3H3,(H,21,25). The zero-order chi connectivity index (χ0) is 18.1. The van der Waals surface area contributed by atoms with E-state index in [1.165, 1.54) is 4.68 Å². The minimum absolute atomic E-state index is 0.0647. The van der Waals surface area contributed by atoms with Crippen molar-refractivity contribution in [3.63, 3.8) is 0 Å². The second-order valence-corrected chi connectivity index (χ2v) is 6.33. The molecule has 128 valence electrons. The molecule has 0 saturated heterocycles. The third kappa shape index (κ3) is 3.34. The number of carbonyl (C=O) groups excluding carboxylic acids is 1. The maximum absolute atomic E-state index is 12.4. The Labute approximate surface area is 150 Å². The van der Waals surface area contributed by atoms with Crippen molar-refractivity contribution in [3.05, 3.63) is 63.8 Å². The summed E-state index contributed by atoms with van der Waals surface area (Å²) in [6, 6.07) is 11.1. The van der Waals surface area contributed by atoms with E-state index in [-0.39, 0.29) is 11.5 Å². The van der Waals surface area contributed by atoms with E-state index >= 15 is 0 Å². The molecule has 0 bridgehead atoms. The van der Waals surface area contributed by atoms with Crippen LogP contribution in [0, 0.1) is 20.8 Å². The molecule has 0 unspecified atom stereocenters. The highest BCUT2D eigenvalue weighted by molar-refractivity contribution is 6.31. The fourth-order valence-corrected chi connectivity index (χ4v) is 2.54. The summed E-state index contributed by atoms with van der Waals surface area (Å²) in [6.07, 6.45) is 0. The number of nitrogens with zero attached hydrogens (tertiary/aromatic N) is 3. The van der Waals surface area contributed by atoms with E-state index in [0.717, 1.165) is 22.4 Å². The van der Waals surface area contributed by atoms with Crippen LogP contribution in [0.4, 0.5) is 11.5 Å². The Morgan fingerprint density at radius 3 is 2.48 bits per heavy atom. The number of hydrogen-bond acceptors (Lipinski definition) is 4. The molecule has 2 aromatic carbocycles. The molecule has 1 aromatic heterocycles. The molecular formula is C18H18ClN5O. The highest BCUT2D eigenvalue weighted by atomic mass is 35.5. The average Bonchev–Trinajstić information content (AvgIpc) is 2.95. The second-order valence-electron chi connectivity index (χ2n) is 5.92. The number of nitrogen functional groups attached to an aromatic ring is 1. The van der Waals surface area contributed by atoms with Crippen LogP contribution in [0.1, 0.15) is 27.2 Å². The molecule has 7 heteroatoms. The van der Waals surface area contributed by atoms with Crippen LogP contribution < -0.4 is 11.1 Å².